The Morgan fingerprint density at radius 1 is 1.12 bits per heavy atom. The van der Waals surface area contributed by atoms with Gasteiger partial charge in [-0.2, -0.15) is 0 Å². The van der Waals surface area contributed by atoms with Crippen molar-refractivity contribution in [1.29, 1.82) is 0 Å². The molecule has 3 rings (SSSR count). The van der Waals surface area contributed by atoms with Gasteiger partial charge in [0.2, 0.25) is 0 Å². The molecule has 0 radical (unpaired) electrons. The number of rotatable bonds is 5. The third kappa shape index (κ3) is 2.83. The van der Waals surface area contributed by atoms with Crippen LogP contribution in [0, 0.1) is 6.92 Å². The number of carbonyl (C=O) groups is 2. The van der Waals surface area contributed by atoms with Gasteiger partial charge in [0.25, 0.3) is 0 Å². The minimum absolute atomic E-state index is 0.267. The van der Waals surface area contributed by atoms with E-state index in [1.165, 1.54) is 5.56 Å². The largest absolute Gasteiger partial charge is 0.461 e. The molecule has 122 valence electrons. The Balaban J connectivity index is 2.20. The summed E-state index contributed by atoms with van der Waals surface area (Å²) < 4.78 is 7.04. The van der Waals surface area contributed by atoms with Crippen molar-refractivity contribution in [1.82, 2.24) is 4.57 Å². The number of hydrogen-bond donors (Lipinski definition) is 0. The van der Waals surface area contributed by atoms with Crippen LogP contribution < -0.4 is 0 Å². The Kier molecular flexibility index (Phi) is 4.47. The number of aryl methyl sites for hydroxylation is 1. The van der Waals surface area contributed by atoms with Crippen LogP contribution in [0.5, 0.6) is 0 Å². The highest BCUT2D eigenvalue weighted by molar-refractivity contribution is 6.08. The number of carbonyl (C=O) groups excluding carboxylic acids is 2. The average molecular weight is 321 g/mol. The Labute approximate surface area is 140 Å². The normalized spacial score (nSPS) is 10.8. The van der Waals surface area contributed by atoms with E-state index in [4.69, 9.17) is 4.74 Å². The molecule has 0 bridgehead atoms. The number of esters is 1. The number of fused-ring (bicyclic) bond motifs is 1. The fourth-order valence-electron chi connectivity index (χ4n) is 2.91. The van der Waals surface area contributed by atoms with Gasteiger partial charge in [-0.1, -0.05) is 48.0 Å². The van der Waals surface area contributed by atoms with Crippen molar-refractivity contribution in [3.63, 3.8) is 0 Å². The van der Waals surface area contributed by atoms with Crippen molar-refractivity contribution in [2.75, 3.05) is 6.61 Å². The van der Waals surface area contributed by atoms with Crippen LogP contribution in [0.25, 0.3) is 10.9 Å². The van der Waals surface area contributed by atoms with Crippen LogP contribution in [0.3, 0.4) is 0 Å². The maximum atomic E-state index is 12.5. The van der Waals surface area contributed by atoms with Crippen LogP contribution in [0.4, 0.5) is 0 Å². The molecule has 0 unspecified atom stereocenters. The average Bonchev–Trinajstić information content (AvgIpc) is 2.91. The Morgan fingerprint density at radius 3 is 2.50 bits per heavy atom. The predicted octanol–water partition coefficient (Wildman–Crippen LogP) is 3.99. The lowest BCUT2D eigenvalue weighted by Gasteiger charge is -2.11. The molecule has 0 spiro atoms. The summed E-state index contributed by atoms with van der Waals surface area (Å²) in [5, 5.41) is 0.766. The van der Waals surface area contributed by atoms with Gasteiger partial charge in [-0.3, -0.25) is 4.79 Å². The zero-order valence-corrected chi connectivity index (χ0v) is 13.8. The summed E-state index contributed by atoms with van der Waals surface area (Å²) in [6.07, 6.45) is 0.736. The fraction of sp³-hybridized carbons (Fsp3) is 0.200. The molecule has 0 aliphatic heterocycles. The summed E-state index contributed by atoms with van der Waals surface area (Å²) in [6, 6.07) is 15.7. The molecule has 3 aromatic rings. The lowest BCUT2D eigenvalue weighted by molar-refractivity contribution is 0.0513. The van der Waals surface area contributed by atoms with Crippen LogP contribution in [0.1, 0.15) is 38.9 Å². The Hall–Kier alpha value is -2.88. The van der Waals surface area contributed by atoms with Gasteiger partial charge in [-0.05, 0) is 25.5 Å². The Bertz CT molecular complexity index is 891. The number of para-hydroxylation sites is 1. The molecule has 0 aliphatic carbocycles. The predicted molar refractivity (Wildman–Crippen MR) is 93.6 cm³/mol. The van der Waals surface area contributed by atoms with E-state index < -0.39 is 5.97 Å². The van der Waals surface area contributed by atoms with Gasteiger partial charge >= 0.3 is 5.97 Å². The fourth-order valence-corrected chi connectivity index (χ4v) is 2.91. The summed E-state index contributed by atoms with van der Waals surface area (Å²) in [7, 11) is 0. The first-order valence-electron chi connectivity index (χ1n) is 7.94. The van der Waals surface area contributed by atoms with E-state index >= 15 is 0 Å². The standard InChI is InChI=1S/C20H19NO3/c1-3-24-20(23)19-17(13-22)16-6-4-5-7-18(16)21(19)12-15-10-8-14(2)9-11-15/h4-11,13H,3,12H2,1-2H3. The molecule has 4 nitrogen and oxygen atoms in total. The molecule has 0 fully saturated rings. The number of aldehydes is 1. The number of benzene rings is 2. The first-order chi connectivity index (χ1) is 11.7. The highest BCUT2D eigenvalue weighted by Gasteiger charge is 2.23. The number of nitrogens with zero attached hydrogens (tertiary/aromatic N) is 1. The number of ether oxygens (including phenoxy) is 1. The van der Waals surface area contributed by atoms with E-state index in [9.17, 15) is 9.59 Å². The van der Waals surface area contributed by atoms with E-state index in [2.05, 4.69) is 0 Å². The minimum atomic E-state index is -0.470. The van der Waals surface area contributed by atoms with Crippen molar-refractivity contribution in [2.45, 2.75) is 20.4 Å². The quantitative estimate of drug-likeness (QED) is 0.527. The van der Waals surface area contributed by atoms with Crippen molar-refractivity contribution < 1.29 is 14.3 Å². The summed E-state index contributed by atoms with van der Waals surface area (Å²) in [6.45, 7) is 4.56. The van der Waals surface area contributed by atoms with Gasteiger partial charge in [0, 0.05) is 17.4 Å². The second kappa shape index (κ2) is 6.71. The maximum Gasteiger partial charge on any atom is 0.355 e. The number of hydrogen-bond acceptors (Lipinski definition) is 3. The lowest BCUT2D eigenvalue weighted by Crippen LogP contribution is -2.14. The molecule has 24 heavy (non-hydrogen) atoms. The van der Waals surface area contributed by atoms with Crippen LogP contribution in [0.2, 0.25) is 0 Å². The van der Waals surface area contributed by atoms with Crippen molar-refractivity contribution >= 4 is 23.2 Å². The molecular formula is C20H19NO3. The smallest absolute Gasteiger partial charge is 0.355 e. The van der Waals surface area contributed by atoms with Gasteiger partial charge in [0.1, 0.15) is 5.69 Å². The molecular weight excluding hydrogens is 302 g/mol. The van der Waals surface area contributed by atoms with Crippen LogP contribution >= 0.6 is 0 Å². The second-order valence-corrected chi connectivity index (χ2v) is 5.69. The van der Waals surface area contributed by atoms with Gasteiger partial charge in [-0.15, -0.1) is 0 Å². The van der Waals surface area contributed by atoms with Crippen LogP contribution in [0.15, 0.2) is 48.5 Å². The van der Waals surface area contributed by atoms with Gasteiger partial charge in [-0.25, -0.2) is 4.79 Å². The summed E-state index contributed by atoms with van der Waals surface area (Å²) in [5.41, 5.74) is 3.78. The molecule has 1 heterocycles. The first kappa shape index (κ1) is 16.0. The van der Waals surface area contributed by atoms with Gasteiger partial charge in [0.05, 0.1) is 12.2 Å². The zero-order chi connectivity index (χ0) is 17.1. The topological polar surface area (TPSA) is 48.3 Å². The van der Waals surface area contributed by atoms with Crippen molar-refractivity contribution in [3.8, 4) is 0 Å². The second-order valence-electron chi connectivity index (χ2n) is 5.69. The highest BCUT2D eigenvalue weighted by atomic mass is 16.5. The number of aromatic nitrogens is 1. The van der Waals surface area contributed by atoms with Crippen LogP contribution in [-0.2, 0) is 11.3 Å². The van der Waals surface area contributed by atoms with Crippen LogP contribution in [-0.4, -0.2) is 23.4 Å². The minimum Gasteiger partial charge on any atom is -0.461 e. The first-order valence-corrected chi connectivity index (χ1v) is 7.94. The molecule has 0 saturated heterocycles. The van der Waals surface area contributed by atoms with Gasteiger partial charge in [0.15, 0.2) is 6.29 Å². The molecule has 2 aromatic carbocycles. The summed E-state index contributed by atoms with van der Waals surface area (Å²) in [4.78, 5) is 24.1. The van der Waals surface area contributed by atoms with E-state index in [0.717, 1.165) is 22.8 Å². The molecule has 4 heteroatoms. The van der Waals surface area contributed by atoms with Gasteiger partial charge < -0.3 is 9.30 Å². The SMILES string of the molecule is CCOC(=O)c1c(C=O)c2ccccc2n1Cc1ccc(C)cc1. The molecule has 0 N–H and O–H groups in total. The third-order valence-corrected chi connectivity index (χ3v) is 4.06. The van der Waals surface area contributed by atoms with Crippen molar-refractivity contribution in [3.05, 3.63) is 70.9 Å². The molecule has 1 aromatic heterocycles. The lowest BCUT2D eigenvalue weighted by atomic mass is 10.1. The van der Waals surface area contributed by atoms with E-state index in [0.29, 0.717) is 17.8 Å². The van der Waals surface area contributed by atoms with Crippen molar-refractivity contribution in [2.24, 2.45) is 0 Å². The molecule has 0 aliphatic rings. The molecule has 0 saturated carbocycles. The maximum absolute atomic E-state index is 12.5. The summed E-state index contributed by atoms with van der Waals surface area (Å²) in [5.74, 6) is -0.470. The third-order valence-electron chi connectivity index (χ3n) is 4.06. The highest BCUT2D eigenvalue weighted by Crippen LogP contribution is 2.27. The molecule has 0 atom stereocenters. The Morgan fingerprint density at radius 2 is 1.83 bits per heavy atom. The van der Waals surface area contributed by atoms with E-state index in [1.807, 2.05) is 60.0 Å². The summed E-state index contributed by atoms with van der Waals surface area (Å²) >= 11 is 0. The van der Waals surface area contributed by atoms with E-state index in [1.54, 1.807) is 6.92 Å². The zero-order valence-electron chi connectivity index (χ0n) is 13.8. The monoisotopic (exact) mass is 321 g/mol. The van der Waals surface area contributed by atoms with E-state index in [-0.39, 0.29) is 6.61 Å². The molecule has 0 amide bonds.